The highest BCUT2D eigenvalue weighted by atomic mass is 16.6. The van der Waals surface area contributed by atoms with Gasteiger partial charge in [0.25, 0.3) is 0 Å². The van der Waals surface area contributed by atoms with E-state index in [4.69, 9.17) is 0 Å². The maximum Gasteiger partial charge on any atom is 0.246 e. The monoisotopic (exact) mass is 235 g/mol. The van der Waals surface area contributed by atoms with Crippen LogP contribution in [0.5, 0.6) is 0 Å². The summed E-state index contributed by atoms with van der Waals surface area (Å²) in [6, 6.07) is 7.79. The Labute approximate surface area is 98.2 Å². The van der Waals surface area contributed by atoms with Gasteiger partial charge in [-0.05, 0) is 5.56 Å². The number of Topliss-reactive ketones (excluding diaryl/α,β-unsaturated/α-hetero) is 1. The van der Waals surface area contributed by atoms with E-state index in [0.29, 0.717) is 0 Å². The van der Waals surface area contributed by atoms with Crippen molar-refractivity contribution in [2.75, 3.05) is 0 Å². The van der Waals surface area contributed by atoms with Gasteiger partial charge >= 0.3 is 0 Å². The maximum atomic E-state index is 11.4. The Morgan fingerprint density at radius 3 is 2.47 bits per heavy atom. The summed E-state index contributed by atoms with van der Waals surface area (Å²) in [4.78, 5) is 22.0. The van der Waals surface area contributed by atoms with Crippen molar-refractivity contribution >= 4 is 5.78 Å². The fraction of sp³-hybridized carbons (Fsp3) is 0.417. The molecule has 3 unspecified atom stereocenters. The number of ketones is 1. The lowest BCUT2D eigenvalue weighted by atomic mass is 9.78. The Morgan fingerprint density at radius 1 is 1.24 bits per heavy atom. The van der Waals surface area contributed by atoms with Gasteiger partial charge in [0.05, 0.1) is 5.92 Å². The highest BCUT2D eigenvalue weighted by molar-refractivity contribution is 5.81. The van der Waals surface area contributed by atoms with Crippen LogP contribution < -0.4 is 0 Å². The van der Waals surface area contributed by atoms with Crippen molar-refractivity contribution in [1.82, 2.24) is 0 Å². The SMILES string of the molecule is O=C1CC(O)C([N+](=O)[O-])C(c2ccccc2)C1. The molecule has 5 nitrogen and oxygen atoms in total. The summed E-state index contributed by atoms with van der Waals surface area (Å²) in [6.07, 6.45) is -1.17. The first-order valence-corrected chi connectivity index (χ1v) is 5.48. The molecule has 0 saturated heterocycles. The van der Waals surface area contributed by atoms with Crippen molar-refractivity contribution in [2.24, 2.45) is 0 Å². The first-order chi connectivity index (χ1) is 8.09. The van der Waals surface area contributed by atoms with Crippen LogP contribution in [-0.4, -0.2) is 28.0 Å². The smallest absolute Gasteiger partial charge is 0.246 e. The summed E-state index contributed by atoms with van der Waals surface area (Å²) < 4.78 is 0. The van der Waals surface area contributed by atoms with Crippen LogP contribution in [0.2, 0.25) is 0 Å². The van der Waals surface area contributed by atoms with Crippen LogP contribution in [0.3, 0.4) is 0 Å². The Bertz CT molecular complexity index is 431. The standard InChI is InChI=1S/C12H13NO4/c14-9-6-10(8-4-2-1-3-5-8)12(13(16)17)11(15)7-9/h1-5,10-12,15H,6-7H2. The van der Waals surface area contributed by atoms with Gasteiger partial charge in [-0.3, -0.25) is 14.9 Å². The van der Waals surface area contributed by atoms with Gasteiger partial charge in [-0.25, -0.2) is 0 Å². The molecule has 0 aromatic heterocycles. The van der Waals surface area contributed by atoms with E-state index in [2.05, 4.69) is 0 Å². The molecular formula is C12H13NO4. The first-order valence-electron chi connectivity index (χ1n) is 5.48. The van der Waals surface area contributed by atoms with Crippen molar-refractivity contribution in [1.29, 1.82) is 0 Å². The number of aliphatic hydroxyl groups excluding tert-OH is 1. The predicted octanol–water partition coefficient (Wildman–Crippen LogP) is 1.14. The van der Waals surface area contributed by atoms with E-state index in [9.17, 15) is 20.0 Å². The number of hydrogen-bond acceptors (Lipinski definition) is 4. The second kappa shape index (κ2) is 4.63. The molecule has 0 amide bonds. The second-order valence-electron chi connectivity index (χ2n) is 4.31. The molecule has 5 heteroatoms. The van der Waals surface area contributed by atoms with E-state index in [1.165, 1.54) is 0 Å². The minimum Gasteiger partial charge on any atom is -0.385 e. The van der Waals surface area contributed by atoms with Gasteiger partial charge in [0, 0.05) is 17.8 Å². The van der Waals surface area contributed by atoms with Crippen LogP contribution in [0.4, 0.5) is 0 Å². The van der Waals surface area contributed by atoms with Crippen molar-refractivity contribution in [3.8, 4) is 0 Å². The molecule has 0 spiro atoms. The van der Waals surface area contributed by atoms with Gasteiger partial charge in [-0.2, -0.15) is 0 Å². The van der Waals surface area contributed by atoms with E-state index in [-0.39, 0.29) is 18.6 Å². The number of carbonyl (C=O) groups excluding carboxylic acids is 1. The summed E-state index contributed by atoms with van der Waals surface area (Å²) in [5.41, 5.74) is 0.737. The number of nitro groups is 1. The fourth-order valence-electron chi connectivity index (χ4n) is 2.37. The molecule has 1 aliphatic rings. The highest BCUT2D eigenvalue weighted by Crippen LogP contribution is 2.33. The second-order valence-corrected chi connectivity index (χ2v) is 4.31. The maximum absolute atomic E-state index is 11.4. The van der Waals surface area contributed by atoms with Gasteiger partial charge < -0.3 is 5.11 Å². The lowest BCUT2D eigenvalue weighted by Gasteiger charge is -2.28. The quantitative estimate of drug-likeness (QED) is 0.615. The molecular weight excluding hydrogens is 222 g/mol. The molecule has 90 valence electrons. The van der Waals surface area contributed by atoms with Crippen LogP contribution in [0.15, 0.2) is 30.3 Å². The summed E-state index contributed by atoms with van der Waals surface area (Å²) in [5, 5.41) is 20.7. The lowest BCUT2D eigenvalue weighted by Crippen LogP contribution is -2.45. The molecule has 1 saturated carbocycles. The third-order valence-electron chi connectivity index (χ3n) is 3.16. The molecule has 0 radical (unpaired) electrons. The number of nitrogens with zero attached hydrogens (tertiary/aromatic N) is 1. The molecule has 1 N–H and O–H groups in total. The van der Waals surface area contributed by atoms with Crippen LogP contribution >= 0.6 is 0 Å². The summed E-state index contributed by atoms with van der Waals surface area (Å²) in [5.74, 6) is -0.646. The summed E-state index contributed by atoms with van der Waals surface area (Å²) >= 11 is 0. The van der Waals surface area contributed by atoms with E-state index in [1.54, 1.807) is 24.3 Å². The zero-order valence-electron chi connectivity index (χ0n) is 9.15. The average molecular weight is 235 g/mol. The zero-order valence-corrected chi connectivity index (χ0v) is 9.15. The Balaban J connectivity index is 2.34. The highest BCUT2D eigenvalue weighted by Gasteiger charge is 2.44. The molecule has 2 rings (SSSR count). The number of aliphatic hydroxyl groups is 1. The molecule has 0 aliphatic heterocycles. The molecule has 3 atom stereocenters. The summed E-state index contributed by atoms with van der Waals surface area (Å²) in [6.45, 7) is 0. The van der Waals surface area contributed by atoms with Gasteiger partial charge in [0.2, 0.25) is 6.04 Å². The number of hydrogen-bond donors (Lipinski definition) is 1. The van der Waals surface area contributed by atoms with Gasteiger partial charge in [0.15, 0.2) is 0 Å². The van der Waals surface area contributed by atoms with E-state index < -0.39 is 23.0 Å². The topological polar surface area (TPSA) is 80.4 Å². The zero-order chi connectivity index (χ0) is 12.4. The molecule has 0 bridgehead atoms. The lowest BCUT2D eigenvalue weighted by molar-refractivity contribution is -0.539. The molecule has 1 aliphatic carbocycles. The molecule has 0 heterocycles. The van der Waals surface area contributed by atoms with Gasteiger partial charge in [-0.1, -0.05) is 30.3 Å². The molecule has 1 aromatic rings. The van der Waals surface area contributed by atoms with Crippen molar-refractivity contribution in [2.45, 2.75) is 30.9 Å². The third-order valence-corrected chi connectivity index (χ3v) is 3.16. The predicted molar refractivity (Wildman–Crippen MR) is 60.2 cm³/mol. The Morgan fingerprint density at radius 2 is 1.88 bits per heavy atom. The normalized spacial score (nSPS) is 29.0. The Hall–Kier alpha value is -1.75. The molecule has 1 fully saturated rings. The van der Waals surface area contributed by atoms with Crippen molar-refractivity contribution in [3.05, 3.63) is 46.0 Å². The van der Waals surface area contributed by atoms with Crippen LogP contribution in [0.1, 0.15) is 24.3 Å². The minimum absolute atomic E-state index is 0.116. The molecule has 17 heavy (non-hydrogen) atoms. The van der Waals surface area contributed by atoms with Gasteiger partial charge in [-0.15, -0.1) is 0 Å². The van der Waals surface area contributed by atoms with E-state index >= 15 is 0 Å². The van der Waals surface area contributed by atoms with Crippen LogP contribution in [0, 0.1) is 10.1 Å². The number of benzene rings is 1. The molecule has 1 aromatic carbocycles. The first kappa shape index (κ1) is 11.7. The fourth-order valence-corrected chi connectivity index (χ4v) is 2.37. The van der Waals surface area contributed by atoms with Gasteiger partial charge in [0.1, 0.15) is 11.9 Å². The summed E-state index contributed by atoms with van der Waals surface area (Å²) in [7, 11) is 0. The van der Waals surface area contributed by atoms with Crippen molar-refractivity contribution < 1.29 is 14.8 Å². The van der Waals surface area contributed by atoms with E-state index in [1.807, 2.05) is 6.07 Å². The minimum atomic E-state index is -1.18. The Kier molecular flexibility index (Phi) is 3.19. The van der Waals surface area contributed by atoms with Crippen LogP contribution in [0.25, 0.3) is 0 Å². The number of carbonyl (C=O) groups is 1. The average Bonchev–Trinajstić information content (AvgIpc) is 2.28. The van der Waals surface area contributed by atoms with Crippen molar-refractivity contribution in [3.63, 3.8) is 0 Å². The number of rotatable bonds is 2. The third kappa shape index (κ3) is 2.34. The van der Waals surface area contributed by atoms with E-state index in [0.717, 1.165) is 5.56 Å². The largest absolute Gasteiger partial charge is 0.385 e. The van der Waals surface area contributed by atoms with Crippen LogP contribution in [-0.2, 0) is 4.79 Å².